The van der Waals surface area contributed by atoms with Gasteiger partial charge in [-0.2, -0.15) is 0 Å². The van der Waals surface area contributed by atoms with Crippen LogP contribution >= 0.6 is 11.8 Å². The second-order valence-electron chi connectivity index (χ2n) is 6.32. The maximum absolute atomic E-state index is 13.8. The molecule has 1 aliphatic heterocycles. The molecule has 0 aliphatic carbocycles. The highest BCUT2D eigenvalue weighted by Crippen LogP contribution is 2.37. The minimum absolute atomic E-state index is 0.132. The summed E-state index contributed by atoms with van der Waals surface area (Å²) >= 11 is 1.59. The van der Waals surface area contributed by atoms with Crippen LogP contribution in [-0.4, -0.2) is 23.0 Å². The van der Waals surface area contributed by atoms with Gasteiger partial charge in [0.25, 0.3) is 0 Å². The minimum Gasteiger partial charge on any atom is -0.389 e. The normalized spacial score (nSPS) is 21.6. The molecule has 0 saturated heterocycles. The SMILES string of the molecule is CC(C)CC(C)(O)CNC1CCSc2c(F)cccc21. The van der Waals surface area contributed by atoms with E-state index < -0.39 is 5.60 Å². The topological polar surface area (TPSA) is 32.3 Å². The van der Waals surface area contributed by atoms with Gasteiger partial charge in [0.05, 0.1) is 5.60 Å². The lowest BCUT2D eigenvalue weighted by molar-refractivity contribution is 0.0356. The van der Waals surface area contributed by atoms with Crippen molar-refractivity contribution in [3.63, 3.8) is 0 Å². The molecular formula is C16H24FNOS. The summed E-state index contributed by atoms with van der Waals surface area (Å²) in [6, 6.07) is 5.41. The number of fused-ring (bicyclic) bond motifs is 1. The first-order valence-electron chi connectivity index (χ1n) is 7.26. The summed E-state index contributed by atoms with van der Waals surface area (Å²) in [6.45, 7) is 6.62. The summed E-state index contributed by atoms with van der Waals surface area (Å²) in [5.74, 6) is 1.24. The molecule has 0 aromatic heterocycles. The number of thioether (sulfide) groups is 1. The zero-order valence-corrected chi connectivity index (χ0v) is 13.3. The standard InChI is InChI=1S/C16H24FNOS/c1-11(2)9-16(3,19)10-18-14-7-8-20-15-12(14)5-4-6-13(15)17/h4-6,11,14,18-19H,7-10H2,1-3H3. The van der Waals surface area contributed by atoms with Gasteiger partial charge in [0, 0.05) is 17.5 Å². The van der Waals surface area contributed by atoms with E-state index in [1.807, 2.05) is 13.0 Å². The van der Waals surface area contributed by atoms with Gasteiger partial charge >= 0.3 is 0 Å². The van der Waals surface area contributed by atoms with Gasteiger partial charge in [-0.3, -0.25) is 0 Å². The van der Waals surface area contributed by atoms with E-state index in [2.05, 4.69) is 19.2 Å². The van der Waals surface area contributed by atoms with Gasteiger partial charge in [-0.05, 0) is 43.1 Å². The smallest absolute Gasteiger partial charge is 0.137 e. The Balaban J connectivity index is 2.04. The van der Waals surface area contributed by atoms with Crippen LogP contribution in [0.3, 0.4) is 0 Å². The van der Waals surface area contributed by atoms with Crippen molar-refractivity contribution in [1.82, 2.24) is 5.32 Å². The van der Waals surface area contributed by atoms with Crippen molar-refractivity contribution in [2.45, 2.75) is 50.2 Å². The Morgan fingerprint density at radius 1 is 1.50 bits per heavy atom. The number of hydrogen-bond donors (Lipinski definition) is 2. The van der Waals surface area contributed by atoms with Crippen molar-refractivity contribution in [2.75, 3.05) is 12.3 Å². The Labute approximate surface area is 125 Å². The van der Waals surface area contributed by atoms with Crippen molar-refractivity contribution in [1.29, 1.82) is 0 Å². The van der Waals surface area contributed by atoms with E-state index in [9.17, 15) is 9.50 Å². The molecule has 112 valence electrons. The summed E-state index contributed by atoms with van der Waals surface area (Å²) < 4.78 is 13.8. The molecule has 2 rings (SSSR count). The molecule has 0 bridgehead atoms. The molecule has 1 heterocycles. The van der Waals surface area contributed by atoms with Crippen LogP contribution in [0.5, 0.6) is 0 Å². The summed E-state index contributed by atoms with van der Waals surface area (Å²) in [4.78, 5) is 0.764. The fourth-order valence-electron chi connectivity index (χ4n) is 2.89. The Morgan fingerprint density at radius 3 is 2.95 bits per heavy atom. The first-order valence-corrected chi connectivity index (χ1v) is 8.24. The predicted molar refractivity (Wildman–Crippen MR) is 82.6 cm³/mol. The first-order chi connectivity index (χ1) is 9.39. The Hall–Kier alpha value is -0.580. The van der Waals surface area contributed by atoms with Crippen LogP contribution in [0.15, 0.2) is 23.1 Å². The lowest BCUT2D eigenvalue weighted by Gasteiger charge is -2.31. The number of halogens is 1. The summed E-state index contributed by atoms with van der Waals surface area (Å²) in [6.07, 6.45) is 1.73. The van der Waals surface area contributed by atoms with E-state index in [1.165, 1.54) is 6.07 Å². The van der Waals surface area contributed by atoms with Crippen LogP contribution in [0.25, 0.3) is 0 Å². The van der Waals surface area contributed by atoms with E-state index in [0.29, 0.717) is 12.5 Å². The number of nitrogens with one attached hydrogen (secondary N) is 1. The molecule has 1 aromatic rings. The van der Waals surface area contributed by atoms with E-state index >= 15 is 0 Å². The van der Waals surface area contributed by atoms with Crippen molar-refractivity contribution in [2.24, 2.45) is 5.92 Å². The van der Waals surface area contributed by atoms with Gasteiger partial charge in [-0.15, -0.1) is 11.8 Å². The molecule has 0 saturated carbocycles. The van der Waals surface area contributed by atoms with Gasteiger partial charge < -0.3 is 10.4 Å². The first kappa shape index (κ1) is 15.8. The number of rotatable bonds is 5. The molecule has 2 nitrogen and oxygen atoms in total. The zero-order chi connectivity index (χ0) is 14.8. The third-order valence-electron chi connectivity index (χ3n) is 3.60. The Kier molecular flexibility index (Phi) is 5.10. The van der Waals surface area contributed by atoms with Crippen molar-refractivity contribution in [3.8, 4) is 0 Å². The van der Waals surface area contributed by atoms with Crippen LogP contribution < -0.4 is 5.32 Å². The van der Waals surface area contributed by atoms with E-state index in [4.69, 9.17) is 0 Å². The molecule has 0 amide bonds. The fraction of sp³-hybridized carbons (Fsp3) is 0.625. The number of benzene rings is 1. The van der Waals surface area contributed by atoms with Crippen LogP contribution in [0.4, 0.5) is 4.39 Å². The third-order valence-corrected chi connectivity index (χ3v) is 4.76. The van der Waals surface area contributed by atoms with Crippen molar-refractivity contribution in [3.05, 3.63) is 29.6 Å². The van der Waals surface area contributed by atoms with Gasteiger partial charge in [-0.25, -0.2) is 4.39 Å². The highest BCUT2D eigenvalue weighted by atomic mass is 32.2. The molecule has 2 atom stereocenters. The van der Waals surface area contributed by atoms with E-state index in [1.54, 1.807) is 17.8 Å². The minimum atomic E-state index is -0.716. The quantitative estimate of drug-likeness (QED) is 0.868. The Morgan fingerprint density at radius 2 is 2.25 bits per heavy atom. The predicted octanol–water partition coefficient (Wildman–Crippen LogP) is 3.75. The molecule has 1 aliphatic rings. The number of hydrogen-bond acceptors (Lipinski definition) is 3. The summed E-state index contributed by atoms with van der Waals surface area (Å²) in [5.41, 5.74) is 0.313. The largest absolute Gasteiger partial charge is 0.389 e. The van der Waals surface area contributed by atoms with Crippen molar-refractivity contribution < 1.29 is 9.50 Å². The van der Waals surface area contributed by atoms with E-state index in [0.717, 1.165) is 29.1 Å². The summed E-state index contributed by atoms with van der Waals surface area (Å²) in [7, 11) is 0. The lowest BCUT2D eigenvalue weighted by Crippen LogP contribution is -2.41. The molecule has 1 aromatic carbocycles. The highest BCUT2D eigenvalue weighted by Gasteiger charge is 2.27. The van der Waals surface area contributed by atoms with Gasteiger partial charge in [-0.1, -0.05) is 26.0 Å². The maximum atomic E-state index is 13.8. The third kappa shape index (κ3) is 3.96. The lowest BCUT2D eigenvalue weighted by atomic mass is 9.93. The molecule has 2 unspecified atom stereocenters. The average Bonchev–Trinajstić information content (AvgIpc) is 2.35. The van der Waals surface area contributed by atoms with Crippen LogP contribution in [0.2, 0.25) is 0 Å². The van der Waals surface area contributed by atoms with Crippen molar-refractivity contribution >= 4 is 11.8 Å². The Bertz CT molecular complexity index is 462. The van der Waals surface area contributed by atoms with Crippen LogP contribution in [0, 0.1) is 11.7 Å². The molecular weight excluding hydrogens is 273 g/mol. The average molecular weight is 297 g/mol. The van der Waals surface area contributed by atoms with E-state index in [-0.39, 0.29) is 11.9 Å². The molecule has 0 radical (unpaired) electrons. The molecule has 0 spiro atoms. The zero-order valence-electron chi connectivity index (χ0n) is 12.4. The summed E-state index contributed by atoms with van der Waals surface area (Å²) in [5, 5.41) is 13.8. The fourth-order valence-corrected chi connectivity index (χ4v) is 4.03. The maximum Gasteiger partial charge on any atom is 0.137 e. The number of aliphatic hydroxyl groups is 1. The molecule has 0 fully saturated rings. The van der Waals surface area contributed by atoms with Crippen LogP contribution in [0.1, 0.15) is 45.2 Å². The molecule has 20 heavy (non-hydrogen) atoms. The molecule has 2 N–H and O–H groups in total. The van der Waals surface area contributed by atoms with Gasteiger partial charge in [0.15, 0.2) is 0 Å². The van der Waals surface area contributed by atoms with Crippen LogP contribution in [-0.2, 0) is 0 Å². The monoisotopic (exact) mass is 297 g/mol. The van der Waals surface area contributed by atoms with Gasteiger partial charge in [0.2, 0.25) is 0 Å². The molecule has 4 heteroatoms. The second kappa shape index (κ2) is 6.46. The highest BCUT2D eigenvalue weighted by molar-refractivity contribution is 7.99. The van der Waals surface area contributed by atoms with Gasteiger partial charge in [0.1, 0.15) is 5.82 Å². The second-order valence-corrected chi connectivity index (χ2v) is 7.43.